The Morgan fingerprint density at radius 3 is 2.57 bits per heavy atom. The van der Waals surface area contributed by atoms with E-state index in [1.54, 1.807) is 34.6 Å². The molecule has 8 heteroatoms. The van der Waals surface area contributed by atoms with Crippen LogP contribution in [-0.4, -0.2) is 20.6 Å². The van der Waals surface area contributed by atoms with Crippen LogP contribution in [0.5, 0.6) is 0 Å². The summed E-state index contributed by atoms with van der Waals surface area (Å²) in [5.41, 5.74) is 3.15. The lowest BCUT2D eigenvalue weighted by Gasteiger charge is -2.11. The minimum atomic E-state index is -0.439. The van der Waals surface area contributed by atoms with Crippen LogP contribution in [0.25, 0.3) is 16.5 Å². The third kappa shape index (κ3) is 3.21. The van der Waals surface area contributed by atoms with Gasteiger partial charge < -0.3 is 5.32 Å². The van der Waals surface area contributed by atoms with Gasteiger partial charge in [-0.3, -0.25) is 14.9 Å². The smallest absolute Gasteiger partial charge is 0.269 e. The Morgan fingerprint density at radius 1 is 1.03 bits per heavy atom. The van der Waals surface area contributed by atoms with Crippen molar-refractivity contribution in [2.24, 2.45) is 0 Å². The molecular formula is C22H16N4O3S. The number of benzene rings is 3. The van der Waals surface area contributed by atoms with Crippen molar-refractivity contribution < 1.29 is 9.72 Å². The van der Waals surface area contributed by atoms with Gasteiger partial charge in [-0.1, -0.05) is 30.3 Å². The summed E-state index contributed by atoms with van der Waals surface area (Å²) < 4.78 is 1.66. The summed E-state index contributed by atoms with van der Waals surface area (Å²) in [6, 6.07) is 19.6. The molecule has 148 valence electrons. The van der Waals surface area contributed by atoms with Crippen molar-refractivity contribution in [1.29, 1.82) is 0 Å². The van der Waals surface area contributed by atoms with E-state index in [0.717, 1.165) is 33.5 Å². The molecule has 0 atom stereocenters. The number of anilines is 1. The van der Waals surface area contributed by atoms with Gasteiger partial charge in [0.1, 0.15) is 5.82 Å². The van der Waals surface area contributed by atoms with Gasteiger partial charge in [0, 0.05) is 34.8 Å². The van der Waals surface area contributed by atoms with Crippen LogP contribution in [0.15, 0.2) is 66.7 Å². The fourth-order valence-corrected chi connectivity index (χ4v) is 4.59. The van der Waals surface area contributed by atoms with Crippen molar-refractivity contribution in [3.63, 3.8) is 0 Å². The molecule has 30 heavy (non-hydrogen) atoms. The van der Waals surface area contributed by atoms with Crippen molar-refractivity contribution in [3.8, 4) is 5.69 Å². The van der Waals surface area contributed by atoms with Gasteiger partial charge in [-0.2, -0.15) is 16.9 Å². The first-order chi connectivity index (χ1) is 14.6. The van der Waals surface area contributed by atoms with Crippen LogP contribution in [0.2, 0.25) is 0 Å². The second kappa shape index (κ2) is 7.31. The summed E-state index contributed by atoms with van der Waals surface area (Å²) in [6.07, 6.45) is 0. The number of nitro benzene ring substituents is 1. The largest absolute Gasteiger partial charge is 0.306 e. The Morgan fingerprint density at radius 2 is 1.80 bits per heavy atom. The second-order valence-electron chi connectivity index (χ2n) is 6.97. The number of hydrogen-bond donors (Lipinski definition) is 1. The number of carbonyl (C=O) groups is 1. The molecule has 5 rings (SSSR count). The Kier molecular flexibility index (Phi) is 4.48. The zero-order valence-electron chi connectivity index (χ0n) is 15.7. The van der Waals surface area contributed by atoms with Crippen LogP contribution in [0.3, 0.4) is 0 Å². The van der Waals surface area contributed by atoms with Gasteiger partial charge >= 0.3 is 0 Å². The van der Waals surface area contributed by atoms with E-state index >= 15 is 0 Å². The first-order valence-corrected chi connectivity index (χ1v) is 10.5. The third-order valence-electron chi connectivity index (χ3n) is 5.10. The Labute approximate surface area is 175 Å². The Bertz CT molecular complexity index is 1300. The van der Waals surface area contributed by atoms with Crippen molar-refractivity contribution in [2.45, 2.75) is 11.5 Å². The number of hydrogen-bond acceptors (Lipinski definition) is 5. The molecule has 2 heterocycles. The van der Waals surface area contributed by atoms with Crippen molar-refractivity contribution in [3.05, 3.63) is 93.7 Å². The van der Waals surface area contributed by atoms with Crippen LogP contribution >= 0.6 is 11.8 Å². The number of fused-ring (bicyclic) bond motifs is 2. The van der Waals surface area contributed by atoms with Crippen LogP contribution in [-0.2, 0) is 11.5 Å². The standard InChI is InChI=1S/C22H16N4O3S/c27-22(16-6-5-14-3-1-2-4-15(14)11-16)23-21-19-12-30-13-20(19)24-25(21)17-7-9-18(10-8-17)26(28)29/h1-11H,12-13H2,(H,23,27). The molecule has 3 aromatic carbocycles. The van der Waals surface area contributed by atoms with E-state index in [0.29, 0.717) is 17.1 Å². The van der Waals surface area contributed by atoms with E-state index in [4.69, 9.17) is 0 Å². The summed E-state index contributed by atoms with van der Waals surface area (Å²) in [6.45, 7) is 0. The number of rotatable bonds is 4. The van der Waals surface area contributed by atoms with E-state index in [2.05, 4.69) is 10.4 Å². The van der Waals surface area contributed by atoms with Crippen LogP contribution in [0.1, 0.15) is 21.6 Å². The second-order valence-corrected chi connectivity index (χ2v) is 7.95. The zero-order chi connectivity index (χ0) is 20.7. The average Bonchev–Trinajstić information content (AvgIpc) is 3.36. The maximum Gasteiger partial charge on any atom is 0.269 e. The molecule has 1 amide bonds. The van der Waals surface area contributed by atoms with Gasteiger partial charge in [-0.05, 0) is 35.0 Å². The highest BCUT2D eigenvalue weighted by atomic mass is 32.2. The number of carbonyl (C=O) groups excluding carboxylic acids is 1. The van der Waals surface area contributed by atoms with Crippen molar-refractivity contribution in [1.82, 2.24) is 9.78 Å². The van der Waals surface area contributed by atoms with Gasteiger partial charge in [0.2, 0.25) is 0 Å². The number of nitro groups is 1. The number of nitrogens with one attached hydrogen (secondary N) is 1. The number of non-ortho nitro benzene ring substituents is 1. The molecule has 0 fully saturated rings. The van der Waals surface area contributed by atoms with Crippen molar-refractivity contribution in [2.75, 3.05) is 5.32 Å². The molecule has 0 unspecified atom stereocenters. The Hall–Kier alpha value is -3.65. The van der Waals surface area contributed by atoms with Crippen LogP contribution in [0.4, 0.5) is 11.5 Å². The van der Waals surface area contributed by atoms with E-state index < -0.39 is 4.92 Å². The van der Waals surface area contributed by atoms with Gasteiger partial charge in [-0.15, -0.1) is 0 Å². The fraction of sp³-hybridized carbons (Fsp3) is 0.0909. The molecule has 4 aromatic rings. The number of thioether (sulfide) groups is 1. The van der Waals surface area contributed by atoms with Crippen LogP contribution in [0, 0.1) is 10.1 Å². The minimum absolute atomic E-state index is 0.00996. The summed E-state index contributed by atoms with van der Waals surface area (Å²) in [4.78, 5) is 23.5. The van der Waals surface area contributed by atoms with E-state index in [9.17, 15) is 14.9 Å². The Balaban J connectivity index is 1.51. The number of aromatic nitrogens is 2. The maximum absolute atomic E-state index is 13.0. The van der Waals surface area contributed by atoms with Gasteiger partial charge in [0.15, 0.2) is 0 Å². The van der Waals surface area contributed by atoms with Gasteiger partial charge in [0.05, 0.1) is 16.3 Å². The first-order valence-electron chi connectivity index (χ1n) is 9.33. The molecule has 0 radical (unpaired) electrons. The summed E-state index contributed by atoms with van der Waals surface area (Å²) in [7, 11) is 0. The maximum atomic E-state index is 13.0. The van der Waals surface area contributed by atoms with E-state index in [-0.39, 0.29) is 11.6 Å². The summed E-state index contributed by atoms with van der Waals surface area (Å²) >= 11 is 1.74. The number of amides is 1. The molecule has 0 aliphatic carbocycles. The minimum Gasteiger partial charge on any atom is -0.306 e. The van der Waals surface area contributed by atoms with Crippen LogP contribution < -0.4 is 5.32 Å². The topological polar surface area (TPSA) is 90.1 Å². The molecule has 1 aliphatic heterocycles. The predicted octanol–water partition coefficient (Wildman–Crippen LogP) is 4.93. The SMILES string of the molecule is O=C(Nc1c2c(nn1-c1ccc([N+](=O)[O-])cc1)CSC2)c1ccc2ccccc2c1. The predicted molar refractivity (Wildman–Crippen MR) is 117 cm³/mol. The molecule has 0 saturated carbocycles. The van der Waals surface area contributed by atoms with E-state index in [1.807, 2.05) is 36.4 Å². The molecule has 1 aliphatic rings. The summed E-state index contributed by atoms with van der Waals surface area (Å²) in [5, 5.41) is 20.7. The quantitative estimate of drug-likeness (QED) is 0.376. The molecular weight excluding hydrogens is 400 g/mol. The molecule has 1 N–H and O–H groups in total. The molecule has 1 aromatic heterocycles. The highest BCUT2D eigenvalue weighted by molar-refractivity contribution is 7.98. The molecule has 0 saturated heterocycles. The third-order valence-corrected chi connectivity index (χ3v) is 6.07. The summed E-state index contributed by atoms with van der Waals surface area (Å²) in [5.74, 6) is 1.93. The first kappa shape index (κ1) is 18.4. The molecule has 0 bridgehead atoms. The number of nitrogens with zero attached hydrogens (tertiary/aromatic N) is 3. The highest BCUT2D eigenvalue weighted by Gasteiger charge is 2.25. The zero-order valence-corrected chi connectivity index (χ0v) is 16.6. The lowest BCUT2D eigenvalue weighted by atomic mass is 10.1. The van der Waals surface area contributed by atoms with E-state index in [1.165, 1.54) is 12.1 Å². The fourth-order valence-electron chi connectivity index (χ4n) is 3.55. The molecule has 7 nitrogen and oxygen atoms in total. The monoisotopic (exact) mass is 416 g/mol. The normalized spacial score (nSPS) is 12.7. The van der Waals surface area contributed by atoms with Crippen molar-refractivity contribution >= 4 is 39.9 Å². The lowest BCUT2D eigenvalue weighted by Crippen LogP contribution is -2.16. The molecule has 0 spiro atoms. The highest BCUT2D eigenvalue weighted by Crippen LogP contribution is 2.36. The lowest BCUT2D eigenvalue weighted by molar-refractivity contribution is -0.384. The van der Waals surface area contributed by atoms with Gasteiger partial charge in [-0.25, -0.2) is 4.68 Å². The van der Waals surface area contributed by atoms with Gasteiger partial charge in [0.25, 0.3) is 11.6 Å². The average molecular weight is 416 g/mol.